The first-order valence-corrected chi connectivity index (χ1v) is 13.2. The molecule has 9 heteroatoms. The molecule has 0 fully saturated rings. The van der Waals surface area contributed by atoms with E-state index >= 15 is 0 Å². The highest BCUT2D eigenvalue weighted by molar-refractivity contribution is 7.80. The number of carbonyl (C=O) groups excluding carboxylic acids is 3. The van der Waals surface area contributed by atoms with Gasteiger partial charge in [0.2, 0.25) is 5.91 Å². The monoisotopic (exact) mass is 543 g/mol. The summed E-state index contributed by atoms with van der Waals surface area (Å²) in [5.74, 6) is -0.161. The molecular weight excluding hydrogens is 502 g/mol. The number of nitrogens with one attached hydrogen (secondary N) is 2. The van der Waals surface area contributed by atoms with E-state index in [2.05, 4.69) is 23.3 Å². The van der Waals surface area contributed by atoms with Crippen LogP contribution in [0.1, 0.15) is 64.3 Å². The smallest absolute Gasteiger partial charge is 0.408 e. The number of rotatable bonds is 8. The zero-order chi connectivity index (χ0) is 28.8. The summed E-state index contributed by atoms with van der Waals surface area (Å²) in [6.45, 7) is 14.7. The molecule has 38 heavy (non-hydrogen) atoms. The van der Waals surface area contributed by atoms with Gasteiger partial charge < -0.3 is 25.0 Å². The molecule has 2 N–H and O–H groups in total. The molecule has 8 nitrogen and oxygen atoms in total. The van der Waals surface area contributed by atoms with Crippen LogP contribution in [0.25, 0.3) is 0 Å². The number of thiol groups is 1. The highest BCUT2D eigenvalue weighted by atomic mass is 32.1. The molecule has 0 heterocycles. The number of hydrogen-bond donors (Lipinski definition) is 3. The summed E-state index contributed by atoms with van der Waals surface area (Å²) in [7, 11) is 1.57. The molecule has 0 bridgehead atoms. The molecule has 3 amide bonds. The van der Waals surface area contributed by atoms with Crippen LogP contribution in [0, 0.1) is 13.8 Å². The van der Waals surface area contributed by atoms with Gasteiger partial charge >= 0.3 is 6.09 Å². The van der Waals surface area contributed by atoms with Crippen molar-refractivity contribution in [2.24, 2.45) is 0 Å². The zero-order valence-electron chi connectivity index (χ0n) is 23.8. The minimum Gasteiger partial charge on any atom is -0.497 e. The maximum Gasteiger partial charge on any atom is 0.408 e. The van der Waals surface area contributed by atoms with E-state index in [4.69, 9.17) is 9.47 Å². The summed E-state index contributed by atoms with van der Waals surface area (Å²) in [6.07, 6.45) is -0.732. The summed E-state index contributed by atoms with van der Waals surface area (Å²) in [5, 5.41) is 5.59. The number of ether oxygens (including phenoxy) is 2. The van der Waals surface area contributed by atoms with E-state index in [0.717, 1.165) is 11.1 Å². The molecular formula is C29H41N3O5S. The first kappa shape index (κ1) is 31.0. The quantitative estimate of drug-likeness (QED) is 0.385. The van der Waals surface area contributed by atoms with Gasteiger partial charge in [-0.25, -0.2) is 4.79 Å². The van der Waals surface area contributed by atoms with Gasteiger partial charge in [-0.3, -0.25) is 9.59 Å². The SMILES string of the molecule is COc1ccc(NC(=O)C(c2cccc(C)c2C)N(C(=O)C(CS)NC(=O)OC(C)(C)C)C(C)(C)C)cc1. The first-order valence-electron chi connectivity index (χ1n) is 12.5. The van der Waals surface area contributed by atoms with Crippen molar-refractivity contribution in [3.05, 3.63) is 59.2 Å². The maximum absolute atomic E-state index is 14.1. The number of anilines is 1. The third-order valence-corrected chi connectivity index (χ3v) is 6.30. The van der Waals surface area contributed by atoms with E-state index in [1.54, 1.807) is 52.1 Å². The molecule has 0 spiro atoms. The second-order valence-electron chi connectivity index (χ2n) is 11.2. The van der Waals surface area contributed by atoms with Crippen LogP contribution in [0.15, 0.2) is 42.5 Å². The maximum atomic E-state index is 14.1. The fraction of sp³-hybridized carbons (Fsp3) is 0.483. The summed E-state index contributed by atoms with van der Waals surface area (Å²) in [4.78, 5) is 42.1. The molecule has 0 saturated heterocycles. The Labute approximate surface area is 231 Å². The van der Waals surface area contributed by atoms with Crippen molar-refractivity contribution in [2.75, 3.05) is 18.2 Å². The number of benzene rings is 2. The van der Waals surface area contributed by atoms with E-state index in [1.165, 1.54) is 4.90 Å². The van der Waals surface area contributed by atoms with E-state index in [0.29, 0.717) is 17.0 Å². The van der Waals surface area contributed by atoms with Crippen LogP contribution in [0.3, 0.4) is 0 Å². The van der Waals surface area contributed by atoms with Crippen molar-refractivity contribution in [1.82, 2.24) is 10.2 Å². The van der Waals surface area contributed by atoms with Gasteiger partial charge in [0.05, 0.1) is 7.11 Å². The molecule has 2 atom stereocenters. The van der Waals surface area contributed by atoms with Crippen LogP contribution < -0.4 is 15.4 Å². The van der Waals surface area contributed by atoms with Crippen LogP contribution in [-0.4, -0.2) is 52.9 Å². The topological polar surface area (TPSA) is 97.0 Å². The molecule has 0 saturated carbocycles. The molecule has 0 radical (unpaired) electrons. The fourth-order valence-corrected chi connectivity index (χ4v) is 4.25. The largest absolute Gasteiger partial charge is 0.497 e. The van der Waals surface area contributed by atoms with Crippen molar-refractivity contribution >= 4 is 36.2 Å². The molecule has 2 aromatic carbocycles. The predicted molar refractivity (Wildman–Crippen MR) is 154 cm³/mol. The third-order valence-electron chi connectivity index (χ3n) is 5.94. The summed E-state index contributed by atoms with van der Waals surface area (Å²) in [6, 6.07) is 10.6. The first-order chi connectivity index (χ1) is 17.6. The highest BCUT2D eigenvalue weighted by Crippen LogP contribution is 2.33. The van der Waals surface area contributed by atoms with E-state index in [9.17, 15) is 14.4 Å². The molecule has 2 unspecified atom stereocenters. The number of amides is 3. The Hall–Kier alpha value is -3.20. The zero-order valence-corrected chi connectivity index (χ0v) is 24.7. The average Bonchev–Trinajstić information content (AvgIpc) is 2.81. The lowest BCUT2D eigenvalue weighted by molar-refractivity contribution is -0.146. The number of hydrogen-bond acceptors (Lipinski definition) is 6. The lowest BCUT2D eigenvalue weighted by atomic mass is 9.91. The number of aryl methyl sites for hydroxylation is 1. The molecule has 0 aromatic heterocycles. The Bertz CT molecular complexity index is 1140. The van der Waals surface area contributed by atoms with E-state index < -0.39 is 35.2 Å². The average molecular weight is 544 g/mol. The van der Waals surface area contributed by atoms with Crippen LogP contribution in [0.2, 0.25) is 0 Å². The van der Waals surface area contributed by atoms with Crippen molar-refractivity contribution in [3.8, 4) is 5.75 Å². The lowest BCUT2D eigenvalue weighted by Gasteiger charge is -2.43. The number of alkyl carbamates (subject to hydrolysis) is 1. The van der Waals surface area contributed by atoms with Crippen molar-refractivity contribution in [2.45, 2.75) is 78.6 Å². The molecule has 0 aliphatic carbocycles. The van der Waals surface area contributed by atoms with Crippen LogP contribution in [-0.2, 0) is 14.3 Å². The summed E-state index contributed by atoms with van der Waals surface area (Å²) >= 11 is 4.34. The Kier molecular flexibility index (Phi) is 10.3. The van der Waals surface area contributed by atoms with E-state index in [-0.39, 0.29) is 11.7 Å². The van der Waals surface area contributed by atoms with Gasteiger partial charge in [-0.1, -0.05) is 18.2 Å². The van der Waals surface area contributed by atoms with Crippen molar-refractivity contribution in [1.29, 1.82) is 0 Å². The van der Waals surface area contributed by atoms with Gasteiger partial charge in [0.25, 0.3) is 5.91 Å². The Morgan fingerprint density at radius 1 is 0.974 bits per heavy atom. The van der Waals surface area contributed by atoms with Crippen molar-refractivity contribution < 1.29 is 23.9 Å². The Morgan fingerprint density at radius 2 is 1.58 bits per heavy atom. The van der Waals surface area contributed by atoms with Crippen LogP contribution >= 0.6 is 12.6 Å². The second-order valence-corrected chi connectivity index (χ2v) is 11.5. The standard InChI is InChI=1S/C29H41N3O5S/c1-18-11-10-12-22(19(18)2)24(25(33)30-20-13-15-21(36-9)16-14-20)32(28(3,4)5)26(34)23(17-38)31-27(35)37-29(6,7)8/h10-16,23-24,38H,17H2,1-9H3,(H,30,33)(H,31,35). The van der Waals surface area contributed by atoms with Gasteiger partial charge in [0, 0.05) is 17.0 Å². The van der Waals surface area contributed by atoms with Crippen LogP contribution in [0.5, 0.6) is 5.75 Å². The summed E-state index contributed by atoms with van der Waals surface area (Å²) < 4.78 is 10.6. The van der Waals surface area contributed by atoms with Gasteiger partial charge in [0.15, 0.2) is 0 Å². The number of carbonyl (C=O) groups is 3. The fourth-order valence-electron chi connectivity index (χ4n) is 4.00. The lowest BCUT2D eigenvalue weighted by Crippen LogP contribution is -2.58. The normalized spacial score (nSPS) is 13.2. The van der Waals surface area contributed by atoms with Gasteiger partial charge in [-0.15, -0.1) is 0 Å². The van der Waals surface area contributed by atoms with Gasteiger partial charge in [-0.05, 0) is 96.3 Å². The Balaban J connectivity index is 2.57. The number of methoxy groups -OCH3 is 1. The molecule has 2 aromatic rings. The van der Waals surface area contributed by atoms with E-state index in [1.807, 2.05) is 52.8 Å². The van der Waals surface area contributed by atoms with Gasteiger partial charge in [-0.2, -0.15) is 12.6 Å². The molecule has 0 aliphatic rings. The predicted octanol–water partition coefficient (Wildman–Crippen LogP) is 5.44. The minimum absolute atomic E-state index is 0.0181. The molecule has 0 aliphatic heterocycles. The Morgan fingerprint density at radius 3 is 2.08 bits per heavy atom. The minimum atomic E-state index is -1.02. The van der Waals surface area contributed by atoms with Gasteiger partial charge in [0.1, 0.15) is 23.4 Å². The van der Waals surface area contributed by atoms with Crippen LogP contribution in [0.4, 0.5) is 10.5 Å². The highest BCUT2D eigenvalue weighted by Gasteiger charge is 2.42. The summed E-state index contributed by atoms with van der Waals surface area (Å²) in [5.41, 5.74) is 1.60. The molecule has 2 rings (SSSR count). The second kappa shape index (κ2) is 12.6. The van der Waals surface area contributed by atoms with Crippen molar-refractivity contribution in [3.63, 3.8) is 0 Å². The number of nitrogens with zero attached hydrogens (tertiary/aromatic N) is 1. The molecule has 208 valence electrons. The third kappa shape index (κ3) is 8.15.